The number of hydrogen-bond acceptors (Lipinski definition) is 6. The Kier molecular flexibility index (Phi) is 7.56. The molecule has 0 aliphatic heterocycles. The van der Waals surface area contributed by atoms with E-state index in [0.29, 0.717) is 41.8 Å². The van der Waals surface area contributed by atoms with Crippen LogP contribution in [0.4, 0.5) is 0 Å². The van der Waals surface area contributed by atoms with Crippen molar-refractivity contribution in [3.8, 4) is 5.75 Å². The Labute approximate surface area is 213 Å². The molecule has 1 atom stereocenters. The van der Waals surface area contributed by atoms with Crippen LogP contribution in [0.2, 0.25) is 0 Å². The minimum atomic E-state index is -0.566. The number of nitrogens with one attached hydrogen (secondary N) is 1. The average Bonchev–Trinajstić information content (AvgIpc) is 3.22. The van der Waals surface area contributed by atoms with E-state index in [1.54, 1.807) is 36.4 Å². The Morgan fingerprint density at radius 2 is 1.73 bits per heavy atom. The van der Waals surface area contributed by atoms with Gasteiger partial charge in [0.15, 0.2) is 5.78 Å². The number of nitrogens with zero attached hydrogens (tertiary/aromatic N) is 4. The minimum absolute atomic E-state index is 0.0279. The van der Waals surface area contributed by atoms with E-state index in [2.05, 4.69) is 10.4 Å². The zero-order chi connectivity index (χ0) is 26.7. The molecule has 1 N–H and O–H groups in total. The van der Waals surface area contributed by atoms with Crippen molar-refractivity contribution in [3.63, 3.8) is 0 Å². The van der Waals surface area contributed by atoms with Gasteiger partial charge < -0.3 is 10.1 Å². The lowest BCUT2D eigenvalue weighted by Gasteiger charge is -2.13. The number of hydrogen-bond donors (Lipinski definition) is 1. The van der Waals surface area contributed by atoms with Gasteiger partial charge in [0.1, 0.15) is 12.3 Å². The summed E-state index contributed by atoms with van der Waals surface area (Å²) >= 11 is 0. The van der Waals surface area contributed by atoms with E-state index >= 15 is 0 Å². The number of rotatable bonds is 10. The minimum Gasteiger partial charge on any atom is -0.494 e. The first-order valence-corrected chi connectivity index (χ1v) is 12.5. The van der Waals surface area contributed by atoms with Crippen molar-refractivity contribution in [2.75, 3.05) is 6.61 Å². The van der Waals surface area contributed by atoms with Gasteiger partial charge in [-0.15, -0.1) is 5.10 Å². The molecule has 1 unspecified atom stereocenters. The second-order valence-electron chi connectivity index (χ2n) is 8.93. The van der Waals surface area contributed by atoms with E-state index in [-0.39, 0.29) is 41.1 Å². The summed E-state index contributed by atoms with van der Waals surface area (Å²) in [6, 6.07) is 11.3. The molecule has 194 valence electrons. The predicted octanol–water partition coefficient (Wildman–Crippen LogP) is 3.03. The largest absolute Gasteiger partial charge is 0.494 e. The topological polar surface area (TPSA) is 117 Å². The Bertz CT molecular complexity index is 1580. The highest BCUT2D eigenvalue weighted by Gasteiger charge is 2.20. The molecule has 4 rings (SSSR count). The van der Waals surface area contributed by atoms with Crippen LogP contribution in [0.3, 0.4) is 0 Å². The van der Waals surface area contributed by atoms with Crippen molar-refractivity contribution in [2.24, 2.45) is 0 Å². The fourth-order valence-corrected chi connectivity index (χ4v) is 4.13. The van der Waals surface area contributed by atoms with E-state index in [1.165, 1.54) is 15.0 Å². The first kappa shape index (κ1) is 25.9. The smallest absolute Gasteiger partial charge is 0.352 e. The first-order valence-electron chi connectivity index (χ1n) is 12.5. The van der Waals surface area contributed by atoms with Crippen LogP contribution < -0.4 is 21.3 Å². The Morgan fingerprint density at radius 1 is 1.03 bits per heavy atom. The van der Waals surface area contributed by atoms with Crippen molar-refractivity contribution in [2.45, 2.75) is 59.7 Å². The van der Waals surface area contributed by atoms with Crippen molar-refractivity contribution < 1.29 is 14.3 Å². The summed E-state index contributed by atoms with van der Waals surface area (Å²) in [7, 11) is 0. The highest BCUT2D eigenvalue weighted by molar-refractivity contribution is 5.98. The summed E-state index contributed by atoms with van der Waals surface area (Å²) in [4.78, 5) is 52.5. The summed E-state index contributed by atoms with van der Waals surface area (Å²) in [5, 5.41) is 7.56. The summed E-state index contributed by atoms with van der Waals surface area (Å²) in [6.45, 7) is 8.21. The quantitative estimate of drug-likeness (QED) is 0.331. The number of carbonyl (C=O) groups is 2. The van der Waals surface area contributed by atoms with Gasteiger partial charge in [0.25, 0.3) is 11.5 Å². The maximum Gasteiger partial charge on any atom is 0.352 e. The Morgan fingerprint density at radius 3 is 2.38 bits per heavy atom. The zero-order valence-electron chi connectivity index (χ0n) is 21.5. The number of carbonyl (C=O) groups excluding carboxylic acids is 2. The molecule has 2 heterocycles. The molecule has 0 aliphatic rings. The van der Waals surface area contributed by atoms with Crippen LogP contribution in [0.1, 0.15) is 61.3 Å². The lowest BCUT2D eigenvalue weighted by Crippen LogP contribution is -2.32. The lowest BCUT2D eigenvalue weighted by atomic mass is 10.1. The fraction of sp³-hybridized carbons (Fsp3) is 0.370. The second-order valence-corrected chi connectivity index (χ2v) is 8.93. The average molecular weight is 506 g/mol. The van der Waals surface area contributed by atoms with Crippen LogP contribution in [0.15, 0.2) is 52.1 Å². The van der Waals surface area contributed by atoms with E-state index in [9.17, 15) is 19.2 Å². The maximum atomic E-state index is 13.5. The number of aromatic nitrogens is 4. The molecule has 0 fully saturated rings. The molecule has 2 aromatic heterocycles. The molecule has 0 radical (unpaired) electrons. The molecule has 10 nitrogen and oxygen atoms in total. The second kappa shape index (κ2) is 10.8. The van der Waals surface area contributed by atoms with Gasteiger partial charge >= 0.3 is 5.69 Å². The number of Topliss-reactive ketones (excluding diaryl/α,β-unsaturated/α-hetero) is 1. The molecular formula is C27H31N5O5. The number of ketones is 1. The van der Waals surface area contributed by atoms with Gasteiger partial charge in [0.2, 0.25) is 5.78 Å². The third kappa shape index (κ3) is 5.04. The monoisotopic (exact) mass is 505 g/mol. The molecule has 10 heteroatoms. The third-order valence-corrected chi connectivity index (χ3v) is 6.26. The number of ether oxygens (including phenoxy) is 1. The van der Waals surface area contributed by atoms with Crippen LogP contribution in [0, 0.1) is 0 Å². The molecule has 4 aromatic rings. The fourth-order valence-electron chi connectivity index (χ4n) is 4.13. The van der Waals surface area contributed by atoms with Gasteiger partial charge in [-0.05, 0) is 69.2 Å². The summed E-state index contributed by atoms with van der Waals surface area (Å²) in [5.74, 6) is 0.166. The molecular weight excluding hydrogens is 474 g/mol. The maximum absolute atomic E-state index is 13.5. The van der Waals surface area contributed by atoms with E-state index in [1.807, 2.05) is 27.7 Å². The van der Waals surface area contributed by atoms with E-state index in [0.717, 1.165) is 11.1 Å². The molecule has 37 heavy (non-hydrogen) atoms. The third-order valence-electron chi connectivity index (χ3n) is 6.26. The summed E-state index contributed by atoms with van der Waals surface area (Å²) < 4.78 is 9.21. The zero-order valence-corrected chi connectivity index (χ0v) is 21.5. The van der Waals surface area contributed by atoms with Crippen LogP contribution in [0.25, 0.3) is 16.7 Å². The lowest BCUT2D eigenvalue weighted by molar-refractivity contribution is 0.0937. The number of fused-ring (bicyclic) bond motifs is 3. The normalized spacial score (nSPS) is 12.1. The van der Waals surface area contributed by atoms with Gasteiger partial charge in [-0.2, -0.15) is 0 Å². The van der Waals surface area contributed by atoms with Crippen molar-refractivity contribution in [1.82, 2.24) is 24.1 Å². The number of amides is 1. The van der Waals surface area contributed by atoms with Gasteiger partial charge in [-0.1, -0.05) is 13.8 Å². The SMILES string of the molecule is CCCn1c(=O)c2ccc(C(=O)NC(C)CC)cc2n2c(=O)n(CC(=O)c3ccc(OCC)cc3)nc12. The van der Waals surface area contributed by atoms with Gasteiger partial charge in [0.05, 0.1) is 17.5 Å². The van der Waals surface area contributed by atoms with Crippen LogP contribution in [0.5, 0.6) is 5.75 Å². The Hall–Kier alpha value is -4.21. The van der Waals surface area contributed by atoms with Crippen molar-refractivity contribution >= 4 is 28.4 Å². The first-order chi connectivity index (χ1) is 17.8. The van der Waals surface area contributed by atoms with Gasteiger partial charge in [-0.3, -0.25) is 19.0 Å². The molecule has 0 bridgehead atoms. The van der Waals surface area contributed by atoms with Gasteiger partial charge in [0, 0.05) is 23.7 Å². The highest BCUT2D eigenvalue weighted by Crippen LogP contribution is 2.16. The number of benzene rings is 2. The Balaban J connectivity index is 1.82. The molecule has 0 aliphatic carbocycles. The predicted molar refractivity (Wildman–Crippen MR) is 141 cm³/mol. The molecule has 0 spiro atoms. The van der Waals surface area contributed by atoms with E-state index < -0.39 is 5.69 Å². The molecule has 0 saturated carbocycles. The number of aryl methyl sites for hydroxylation is 1. The van der Waals surface area contributed by atoms with Gasteiger partial charge in [-0.25, -0.2) is 13.9 Å². The van der Waals surface area contributed by atoms with Crippen LogP contribution >= 0.6 is 0 Å². The van der Waals surface area contributed by atoms with Crippen molar-refractivity contribution in [3.05, 3.63) is 74.4 Å². The van der Waals surface area contributed by atoms with Crippen molar-refractivity contribution in [1.29, 1.82) is 0 Å². The summed E-state index contributed by atoms with van der Waals surface area (Å²) in [6.07, 6.45) is 1.41. The molecule has 1 amide bonds. The van der Waals surface area contributed by atoms with E-state index in [4.69, 9.17) is 4.74 Å². The molecule has 0 saturated heterocycles. The van der Waals surface area contributed by atoms with Crippen LogP contribution in [-0.2, 0) is 13.1 Å². The summed E-state index contributed by atoms with van der Waals surface area (Å²) in [5.41, 5.74) is 0.129. The standard InChI is InChI=1S/C27H31N5O5/c1-5-14-30-25(35)21-13-10-19(24(34)28-17(4)6-2)15-22(21)32-26(30)29-31(27(32)36)16-23(33)18-8-11-20(12-9-18)37-7-3/h8-13,15,17H,5-7,14,16H2,1-4H3,(H,28,34). The highest BCUT2D eigenvalue weighted by atomic mass is 16.5. The van der Waals surface area contributed by atoms with Crippen LogP contribution in [-0.4, -0.2) is 43.1 Å². The molecule has 2 aromatic carbocycles.